The molecule has 0 saturated heterocycles. The molecular formula is C20H14O7. The second-order valence-corrected chi connectivity index (χ2v) is 5.77. The molecule has 3 aromatic rings. The molecule has 7 nitrogen and oxygen atoms in total. The van der Waals surface area contributed by atoms with Crippen molar-refractivity contribution < 1.29 is 33.6 Å². The SMILES string of the molecule is COC(=O)c1c2c(c3ccc(O)cc3c1C(=O)OC)Oc1ccccc1O2. The summed E-state index contributed by atoms with van der Waals surface area (Å²) in [5.41, 5.74) is -0.205. The molecule has 1 N–H and O–H groups in total. The lowest BCUT2D eigenvalue weighted by atomic mass is 9.95. The van der Waals surface area contributed by atoms with E-state index in [1.54, 1.807) is 30.3 Å². The van der Waals surface area contributed by atoms with Crippen LogP contribution in [0.15, 0.2) is 42.5 Å². The number of ether oxygens (including phenoxy) is 4. The third-order valence-electron chi connectivity index (χ3n) is 4.25. The van der Waals surface area contributed by atoms with Crippen LogP contribution in [-0.4, -0.2) is 31.3 Å². The molecule has 136 valence electrons. The molecule has 0 saturated carbocycles. The van der Waals surface area contributed by atoms with Crippen LogP contribution in [-0.2, 0) is 9.47 Å². The van der Waals surface area contributed by atoms with Gasteiger partial charge in [-0.15, -0.1) is 0 Å². The molecule has 4 rings (SSSR count). The Kier molecular flexibility index (Phi) is 3.84. The van der Waals surface area contributed by atoms with Crippen molar-refractivity contribution in [3.05, 3.63) is 53.6 Å². The van der Waals surface area contributed by atoms with Gasteiger partial charge in [-0.2, -0.15) is 0 Å². The van der Waals surface area contributed by atoms with E-state index in [9.17, 15) is 14.7 Å². The Labute approximate surface area is 153 Å². The van der Waals surface area contributed by atoms with Gasteiger partial charge in [0.2, 0.25) is 0 Å². The molecule has 0 bridgehead atoms. The highest BCUT2D eigenvalue weighted by Gasteiger charge is 2.34. The molecule has 0 atom stereocenters. The molecule has 1 aliphatic rings. The van der Waals surface area contributed by atoms with Gasteiger partial charge >= 0.3 is 11.9 Å². The summed E-state index contributed by atoms with van der Waals surface area (Å²) in [6, 6.07) is 11.3. The number of carbonyl (C=O) groups excluding carboxylic acids is 2. The first-order valence-electron chi connectivity index (χ1n) is 7.99. The van der Waals surface area contributed by atoms with Crippen LogP contribution in [0.5, 0.6) is 28.7 Å². The van der Waals surface area contributed by atoms with Crippen molar-refractivity contribution in [1.29, 1.82) is 0 Å². The summed E-state index contributed by atoms with van der Waals surface area (Å²) in [5.74, 6) is -0.488. The third kappa shape index (κ3) is 2.52. The highest BCUT2D eigenvalue weighted by atomic mass is 16.6. The maximum absolute atomic E-state index is 12.5. The standard InChI is InChI=1S/C20H14O7/c1-24-19(22)15-12-9-10(21)7-8-11(12)17-18(16(15)20(23)25-2)27-14-6-4-3-5-13(14)26-17/h3-9,21H,1-2H3. The molecule has 27 heavy (non-hydrogen) atoms. The first-order chi connectivity index (χ1) is 13.0. The van der Waals surface area contributed by atoms with Crippen molar-refractivity contribution in [2.24, 2.45) is 0 Å². The first-order valence-corrected chi connectivity index (χ1v) is 7.99. The number of hydrogen-bond acceptors (Lipinski definition) is 7. The Bertz CT molecular complexity index is 1100. The minimum absolute atomic E-state index is 0.0548. The molecule has 3 aromatic carbocycles. The van der Waals surface area contributed by atoms with E-state index >= 15 is 0 Å². The average molecular weight is 366 g/mol. The van der Waals surface area contributed by atoms with E-state index in [-0.39, 0.29) is 33.8 Å². The fraction of sp³-hybridized carbons (Fsp3) is 0.100. The van der Waals surface area contributed by atoms with Crippen LogP contribution >= 0.6 is 0 Å². The quantitative estimate of drug-likeness (QED) is 0.536. The van der Waals surface area contributed by atoms with Gasteiger partial charge in [0.25, 0.3) is 0 Å². The van der Waals surface area contributed by atoms with E-state index in [2.05, 4.69) is 0 Å². The molecule has 0 aliphatic carbocycles. The van der Waals surface area contributed by atoms with E-state index in [0.717, 1.165) is 0 Å². The lowest BCUT2D eigenvalue weighted by Gasteiger charge is -2.25. The van der Waals surface area contributed by atoms with Crippen LogP contribution in [0.25, 0.3) is 10.8 Å². The Balaban J connectivity index is 2.14. The maximum Gasteiger partial charge on any atom is 0.342 e. The summed E-state index contributed by atoms with van der Waals surface area (Å²) in [6.45, 7) is 0. The number of esters is 2. The zero-order valence-corrected chi connectivity index (χ0v) is 14.4. The number of aromatic hydroxyl groups is 1. The normalized spacial score (nSPS) is 11.6. The molecule has 0 aromatic heterocycles. The molecule has 0 radical (unpaired) electrons. The monoisotopic (exact) mass is 366 g/mol. The predicted molar refractivity (Wildman–Crippen MR) is 94.9 cm³/mol. The molecule has 0 spiro atoms. The predicted octanol–water partition coefficient (Wildman–Crippen LogP) is 4.02. The third-order valence-corrected chi connectivity index (χ3v) is 4.25. The average Bonchev–Trinajstić information content (AvgIpc) is 2.70. The molecule has 7 heteroatoms. The molecule has 0 amide bonds. The largest absolute Gasteiger partial charge is 0.508 e. The van der Waals surface area contributed by atoms with Gasteiger partial charge in [-0.05, 0) is 30.3 Å². The van der Waals surface area contributed by atoms with Crippen LogP contribution in [0.3, 0.4) is 0 Å². The van der Waals surface area contributed by atoms with E-state index in [1.807, 2.05) is 0 Å². The number of para-hydroxylation sites is 2. The number of carbonyl (C=O) groups is 2. The van der Waals surface area contributed by atoms with E-state index < -0.39 is 11.9 Å². The van der Waals surface area contributed by atoms with Crippen LogP contribution in [0, 0.1) is 0 Å². The van der Waals surface area contributed by atoms with E-state index in [4.69, 9.17) is 18.9 Å². The van der Waals surface area contributed by atoms with Gasteiger partial charge < -0.3 is 24.1 Å². The van der Waals surface area contributed by atoms with Gasteiger partial charge in [-0.25, -0.2) is 9.59 Å². The minimum atomic E-state index is -0.792. The van der Waals surface area contributed by atoms with Crippen molar-refractivity contribution in [3.8, 4) is 28.7 Å². The van der Waals surface area contributed by atoms with Gasteiger partial charge in [0.05, 0.1) is 19.8 Å². The molecular weight excluding hydrogens is 352 g/mol. The number of hydrogen-bond donors (Lipinski definition) is 1. The number of fused-ring (bicyclic) bond motifs is 4. The zero-order valence-electron chi connectivity index (χ0n) is 14.4. The van der Waals surface area contributed by atoms with Crippen LogP contribution in [0.1, 0.15) is 20.7 Å². The first kappa shape index (κ1) is 16.7. The van der Waals surface area contributed by atoms with Crippen LogP contribution < -0.4 is 9.47 Å². The summed E-state index contributed by atoms with van der Waals surface area (Å²) < 4.78 is 21.6. The van der Waals surface area contributed by atoms with Crippen molar-refractivity contribution in [3.63, 3.8) is 0 Å². The molecule has 0 unspecified atom stereocenters. The lowest BCUT2D eigenvalue weighted by Crippen LogP contribution is -2.16. The fourth-order valence-electron chi connectivity index (χ4n) is 3.07. The van der Waals surface area contributed by atoms with Crippen LogP contribution in [0.4, 0.5) is 0 Å². The Morgan fingerprint density at radius 2 is 1.41 bits per heavy atom. The molecule has 0 fully saturated rings. The molecule has 1 heterocycles. The van der Waals surface area contributed by atoms with Crippen molar-refractivity contribution in [2.45, 2.75) is 0 Å². The topological polar surface area (TPSA) is 91.3 Å². The fourth-order valence-corrected chi connectivity index (χ4v) is 3.07. The summed E-state index contributed by atoms with van der Waals surface area (Å²) in [6.07, 6.45) is 0. The summed E-state index contributed by atoms with van der Waals surface area (Å²) in [5, 5.41) is 10.7. The van der Waals surface area contributed by atoms with E-state index in [1.165, 1.54) is 26.4 Å². The lowest BCUT2D eigenvalue weighted by molar-refractivity contribution is 0.0553. The van der Waals surface area contributed by atoms with Gasteiger partial charge in [-0.1, -0.05) is 12.1 Å². The number of phenolic OH excluding ortho intramolecular Hbond substituents is 1. The Morgan fingerprint density at radius 3 is 2.04 bits per heavy atom. The highest BCUT2D eigenvalue weighted by Crippen LogP contribution is 2.52. The Hall–Kier alpha value is -3.74. The summed E-state index contributed by atoms with van der Waals surface area (Å²) in [7, 11) is 2.39. The van der Waals surface area contributed by atoms with Gasteiger partial charge in [-0.3, -0.25) is 0 Å². The van der Waals surface area contributed by atoms with Crippen molar-refractivity contribution >= 4 is 22.7 Å². The van der Waals surface area contributed by atoms with Gasteiger partial charge in [0, 0.05) is 10.8 Å². The van der Waals surface area contributed by atoms with Gasteiger partial charge in [0.15, 0.2) is 23.0 Å². The van der Waals surface area contributed by atoms with Crippen LogP contribution in [0.2, 0.25) is 0 Å². The zero-order chi connectivity index (χ0) is 19.1. The number of rotatable bonds is 2. The van der Waals surface area contributed by atoms with Gasteiger partial charge in [0.1, 0.15) is 11.3 Å². The Morgan fingerprint density at radius 1 is 0.815 bits per heavy atom. The maximum atomic E-state index is 12.5. The number of methoxy groups -OCH3 is 2. The second-order valence-electron chi connectivity index (χ2n) is 5.77. The minimum Gasteiger partial charge on any atom is -0.508 e. The van der Waals surface area contributed by atoms with Crippen molar-refractivity contribution in [2.75, 3.05) is 14.2 Å². The summed E-state index contributed by atoms with van der Waals surface area (Å²) >= 11 is 0. The highest BCUT2D eigenvalue weighted by molar-refractivity contribution is 6.17. The number of benzene rings is 3. The smallest absolute Gasteiger partial charge is 0.342 e. The second kappa shape index (κ2) is 6.21. The van der Waals surface area contributed by atoms with E-state index in [0.29, 0.717) is 16.9 Å². The molecule has 1 aliphatic heterocycles. The number of phenols is 1. The van der Waals surface area contributed by atoms with Crippen molar-refractivity contribution in [1.82, 2.24) is 0 Å². The summed E-state index contributed by atoms with van der Waals surface area (Å²) in [4.78, 5) is 25.0.